The molecule has 0 unspecified atom stereocenters. The van der Waals surface area contributed by atoms with Crippen molar-refractivity contribution in [3.8, 4) is 0 Å². The molecule has 2 heteroatoms. The van der Waals surface area contributed by atoms with Crippen molar-refractivity contribution in [3.05, 3.63) is 30.1 Å². The standard InChI is InChI=1S/C16H28N.FH/c1-3-4-5-6-7-8-9-10-13-17-14-11-12-16(2)15-17;/h11-12,14-15H,3-10,13H2,1-2H3;1H/q+1;/p-1. The van der Waals surface area contributed by atoms with Gasteiger partial charge in [-0.25, -0.2) is 4.57 Å². The van der Waals surface area contributed by atoms with Gasteiger partial charge in [0.05, 0.1) is 0 Å². The molecule has 0 fully saturated rings. The molecule has 1 aromatic rings. The first-order valence-corrected chi connectivity index (χ1v) is 7.28. The first-order valence-electron chi connectivity index (χ1n) is 7.28. The maximum atomic E-state index is 2.31. The maximum absolute atomic E-state index is 2.31. The Morgan fingerprint density at radius 3 is 2.17 bits per heavy atom. The summed E-state index contributed by atoms with van der Waals surface area (Å²) in [5, 5.41) is 0. The minimum absolute atomic E-state index is 0. The number of hydrogen-bond acceptors (Lipinski definition) is 0. The van der Waals surface area contributed by atoms with Crippen LogP contribution in [0.4, 0.5) is 0 Å². The van der Waals surface area contributed by atoms with Crippen molar-refractivity contribution in [2.24, 2.45) is 0 Å². The van der Waals surface area contributed by atoms with Crippen molar-refractivity contribution in [1.29, 1.82) is 0 Å². The third kappa shape index (κ3) is 8.21. The van der Waals surface area contributed by atoms with Crippen LogP contribution in [0.5, 0.6) is 0 Å². The first-order chi connectivity index (χ1) is 8.33. The molecule has 0 spiro atoms. The Bertz CT molecular complexity index is 299. The summed E-state index contributed by atoms with van der Waals surface area (Å²) in [5.41, 5.74) is 1.35. The minimum Gasteiger partial charge on any atom is -1.00 e. The lowest BCUT2D eigenvalue weighted by molar-refractivity contribution is -0.697. The van der Waals surface area contributed by atoms with Crippen LogP contribution in [-0.2, 0) is 6.54 Å². The summed E-state index contributed by atoms with van der Waals surface area (Å²) in [4.78, 5) is 0. The highest BCUT2D eigenvalue weighted by molar-refractivity contribution is 5.01. The van der Waals surface area contributed by atoms with E-state index >= 15 is 0 Å². The lowest BCUT2D eigenvalue weighted by Crippen LogP contribution is -3.00. The molecule has 0 bridgehead atoms. The topological polar surface area (TPSA) is 3.88 Å². The van der Waals surface area contributed by atoms with E-state index in [0.29, 0.717) is 0 Å². The number of halogens is 1. The van der Waals surface area contributed by atoms with Crippen molar-refractivity contribution in [1.82, 2.24) is 0 Å². The van der Waals surface area contributed by atoms with Gasteiger partial charge >= 0.3 is 0 Å². The van der Waals surface area contributed by atoms with Crippen molar-refractivity contribution in [2.45, 2.75) is 71.8 Å². The first kappa shape index (κ1) is 17.1. The minimum atomic E-state index is 0. The van der Waals surface area contributed by atoms with Crippen LogP contribution < -0.4 is 9.27 Å². The molecular formula is C16H28FN. The highest BCUT2D eigenvalue weighted by atomic mass is 19.0. The van der Waals surface area contributed by atoms with E-state index in [1.165, 1.54) is 63.5 Å². The molecule has 1 heterocycles. The summed E-state index contributed by atoms with van der Waals surface area (Å²) in [5.74, 6) is 0. The Morgan fingerprint density at radius 1 is 0.944 bits per heavy atom. The van der Waals surface area contributed by atoms with Crippen LogP contribution in [0, 0.1) is 6.92 Å². The lowest BCUT2D eigenvalue weighted by Gasteiger charge is -2.00. The molecule has 0 atom stereocenters. The van der Waals surface area contributed by atoms with Gasteiger partial charge in [0.1, 0.15) is 6.54 Å². The van der Waals surface area contributed by atoms with Crippen LogP contribution in [0.2, 0.25) is 0 Å². The fourth-order valence-electron chi connectivity index (χ4n) is 2.22. The van der Waals surface area contributed by atoms with Crippen LogP contribution >= 0.6 is 0 Å². The van der Waals surface area contributed by atoms with Gasteiger partial charge in [0.2, 0.25) is 0 Å². The van der Waals surface area contributed by atoms with E-state index < -0.39 is 0 Å². The van der Waals surface area contributed by atoms with E-state index in [4.69, 9.17) is 0 Å². The summed E-state index contributed by atoms with van der Waals surface area (Å²) < 4.78 is 2.31. The quantitative estimate of drug-likeness (QED) is 0.463. The molecule has 1 aromatic heterocycles. The highest BCUT2D eigenvalue weighted by Gasteiger charge is 1.99. The molecule has 1 nitrogen and oxygen atoms in total. The van der Waals surface area contributed by atoms with Crippen LogP contribution in [0.3, 0.4) is 0 Å². The lowest BCUT2D eigenvalue weighted by atomic mass is 10.1. The van der Waals surface area contributed by atoms with Crippen LogP contribution in [0.15, 0.2) is 24.5 Å². The second kappa shape index (κ2) is 11.2. The summed E-state index contributed by atoms with van der Waals surface area (Å²) in [6.07, 6.45) is 15.6. The molecule has 0 radical (unpaired) electrons. The van der Waals surface area contributed by atoms with Crippen molar-refractivity contribution >= 4 is 0 Å². The van der Waals surface area contributed by atoms with Crippen molar-refractivity contribution < 1.29 is 9.27 Å². The number of pyridine rings is 1. The number of nitrogens with zero attached hydrogens (tertiary/aromatic N) is 1. The van der Waals surface area contributed by atoms with Crippen LogP contribution in [0.25, 0.3) is 0 Å². The third-order valence-electron chi connectivity index (χ3n) is 3.28. The van der Waals surface area contributed by atoms with Gasteiger partial charge in [0.25, 0.3) is 0 Å². The van der Waals surface area contributed by atoms with Gasteiger partial charge < -0.3 is 4.70 Å². The second-order valence-corrected chi connectivity index (χ2v) is 5.09. The Labute approximate surface area is 112 Å². The van der Waals surface area contributed by atoms with E-state index in [1.807, 2.05) is 0 Å². The Balaban J connectivity index is 0.00000289. The number of aromatic nitrogens is 1. The molecule has 0 aliphatic rings. The van der Waals surface area contributed by atoms with E-state index in [9.17, 15) is 0 Å². The molecule has 0 saturated carbocycles. The number of aryl methyl sites for hydroxylation is 2. The van der Waals surface area contributed by atoms with E-state index in [-0.39, 0.29) is 4.70 Å². The maximum Gasteiger partial charge on any atom is 0.171 e. The number of rotatable bonds is 9. The number of hydrogen-bond donors (Lipinski definition) is 0. The second-order valence-electron chi connectivity index (χ2n) is 5.09. The van der Waals surface area contributed by atoms with Gasteiger partial charge in [0, 0.05) is 18.1 Å². The Kier molecular flexibility index (Phi) is 10.6. The van der Waals surface area contributed by atoms with Crippen LogP contribution in [0.1, 0.15) is 63.9 Å². The molecule has 1 rings (SSSR count). The van der Waals surface area contributed by atoms with E-state index in [1.54, 1.807) is 0 Å². The van der Waals surface area contributed by atoms with Crippen LogP contribution in [-0.4, -0.2) is 0 Å². The fourth-order valence-corrected chi connectivity index (χ4v) is 2.22. The molecule has 0 N–H and O–H groups in total. The molecular weight excluding hydrogens is 225 g/mol. The van der Waals surface area contributed by atoms with E-state index in [0.717, 1.165) is 0 Å². The molecule has 0 aliphatic heterocycles. The number of unbranched alkanes of at least 4 members (excludes halogenated alkanes) is 7. The summed E-state index contributed by atoms with van der Waals surface area (Å²) >= 11 is 0. The molecule has 0 aromatic carbocycles. The monoisotopic (exact) mass is 253 g/mol. The molecule has 18 heavy (non-hydrogen) atoms. The predicted molar refractivity (Wildman–Crippen MR) is 74.0 cm³/mol. The Morgan fingerprint density at radius 2 is 1.56 bits per heavy atom. The van der Waals surface area contributed by atoms with Crippen molar-refractivity contribution in [2.75, 3.05) is 0 Å². The van der Waals surface area contributed by atoms with Gasteiger partial charge in [-0.15, -0.1) is 0 Å². The normalized spacial score (nSPS) is 10.1. The summed E-state index contributed by atoms with van der Waals surface area (Å²) in [7, 11) is 0. The fraction of sp³-hybridized carbons (Fsp3) is 0.688. The zero-order valence-corrected chi connectivity index (χ0v) is 12.0. The summed E-state index contributed by atoms with van der Waals surface area (Å²) in [6, 6.07) is 4.30. The largest absolute Gasteiger partial charge is 1.00 e. The predicted octanol–water partition coefficient (Wildman–Crippen LogP) is 1.43. The zero-order valence-electron chi connectivity index (χ0n) is 12.0. The molecule has 0 saturated heterocycles. The van der Waals surface area contributed by atoms with E-state index in [2.05, 4.69) is 42.9 Å². The molecule has 104 valence electrons. The average molecular weight is 253 g/mol. The third-order valence-corrected chi connectivity index (χ3v) is 3.28. The van der Waals surface area contributed by atoms with Gasteiger partial charge in [-0.05, 0) is 19.4 Å². The highest BCUT2D eigenvalue weighted by Crippen LogP contribution is 2.08. The van der Waals surface area contributed by atoms with Gasteiger partial charge in [-0.2, -0.15) is 0 Å². The molecule has 0 amide bonds. The van der Waals surface area contributed by atoms with Crippen molar-refractivity contribution in [3.63, 3.8) is 0 Å². The van der Waals surface area contributed by atoms with Gasteiger partial charge in [-0.3, -0.25) is 0 Å². The zero-order chi connectivity index (χ0) is 12.3. The van der Waals surface area contributed by atoms with Gasteiger partial charge in [0.15, 0.2) is 12.4 Å². The molecule has 0 aliphatic carbocycles. The van der Waals surface area contributed by atoms with Gasteiger partial charge in [-0.1, -0.05) is 45.4 Å². The average Bonchev–Trinajstić information content (AvgIpc) is 2.33. The smallest absolute Gasteiger partial charge is 0.171 e. The SMILES string of the molecule is CCCCCCCCCC[n+]1cccc(C)c1.[F-]. The summed E-state index contributed by atoms with van der Waals surface area (Å²) in [6.45, 7) is 5.61. The Hall–Kier alpha value is -0.920.